The maximum atomic E-state index is 11.1. The highest BCUT2D eigenvalue weighted by Crippen LogP contribution is 2.30. The molecule has 2 N–H and O–H groups in total. The van der Waals surface area contributed by atoms with Crippen molar-refractivity contribution in [1.29, 1.82) is 0 Å². The first-order valence-corrected chi connectivity index (χ1v) is 11.7. The Labute approximate surface area is 213 Å². The second-order valence-electron chi connectivity index (χ2n) is 8.32. The van der Waals surface area contributed by atoms with Crippen LogP contribution < -0.4 is 5.32 Å². The second-order valence-corrected chi connectivity index (χ2v) is 8.75. The van der Waals surface area contributed by atoms with E-state index in [-0.39, 0.29) is 5.56 Å². The van der Waals surface area contributed by atoms with Crippen LogP contribution in [0.25, 0.3) is 39.5 Å². The number of hydrogen-bond acceptors (Lipinski definition) is 4. The molecule has 0 aliphatic carbocycles. The molecule has 0 fully saturated rings. The van der Waals surface area contributed by atoms with Gasteiger partial charge in [-0.1, -0.05) is 66.7 Å². The Morgan fingerprint density at radius 1 is 0.861 bits per heavy atom. The van der Waals surface area contributed by atoms with E-state index in [9.17, 15) is 4.79 Å². The van der Waals surface area contributed by atoms with Crippen LogP contribution in [0.3, 0.4) is 0 Å². The summed E-state index contributed by atoms with van der Waals surface area (Å²) in [7, 11) is 0. The number of carbonyl (C=O) groups is 1. The second kappa shape index (κ2) is 10.0. The van der Waals surface area contributed by atoms with Crippen molar-refractivity contribution in [1.82, 2.24) is 9.97 Å². The van der Waals surface area contributed by atoms with Crippen molar-refractivity contribution in [2.75, 3.05) is 5.32 Å². The minimum absolute atomic E-state index is 0.255. The summed E-state index contributed by atoms with van der Waals surface area (Å²) < 4.78 is 0. The molecule has 0 spiro atoms. The van der Waals surface area contributed by atoms with Gasteiger partial charge in [-0.3, -0.25) is 0 Å². The largest absolute Gasteiger partial charge is 0.478 e. The Balaban J connectivity index is 1.55. The third-order valence-corrected chi connectivity index (χ3v) is 6.19. The molecule has 0 bridgehead atoms. The topological polar surface area (TPSA) is 75.1 Å². The number of hydrogen-bond donors (Lipinski definition) is 2. The van der Waals surface area contributed by atoms with E-state index >= 15 is 0 Å². The van der Waals surface area contributed by atoms with Gasteiger partial charge >= 0.3 is 5.97 Å². The summed E-state index contributed by atoms with van der Waals surface area (Å²) in [5.41, 5.74) is 6.06. The SMILES string of the molecule is C=Cc1ccc(-c2ccc3c(NCc4ccc(C(=O)O)cc4)nc(-c4ccc(Cl)cc4)nc3c2)cc1. The zero-order valence-electron chi connectivity index (χ0n) is 19.3. The van der Waals surface area contributed by atoms with E-state index in [1.807, 2.05) is 48.5 Å². The van der Waals surface area contributed by atoms with Crippen LogP contribution in [0, 0.1) is 0 Å². The summed E-state index contributed by atoms with van der Waals surface area (Å²) in [5, 5.41) is 14.1. The third-order valence-electron chi connectivity index (χ3n) is 5.94. The van der Waals surface area contributed by atoms with Crippen LogP contribution >= 0.6 is 11.6 Å². The van der Waals surface area contributed by atoms with E-state index in [1.165, 1.54) is 0 Å². The minimum atomic E-state index is -0.946. The lowest BCUT2D eigenvalue weighted by Gasteiger charge is -2.13. The lowest BCUT2D eigenvalue weighted by Crippen LogP contribution is -2.05. The lowest BCUT2D eigenvalue weighted by atomic mass is 10.0. The van der Waals surface area contributed by atoms with E-state index in [4.69, 9.17) is 26.7 Å². The zero-order chi connectivity index (χ0) is 25.1. The zero-order valence-corrected chi connectivity index (χ0v) is 20.0. The van der Waals surface area contributed by atoms with Gasteiger partial charge in [-0.15, -0.1) is 0 Å². The van der Waals surface area contributed by atoms with E-state index < -0.39 is 5.97 Å². The fourth-order valence-corrected chi connectivity index (χ4v) is 4.06. The molecule has 0 unspecified atom stereocenters. The van der Waals surface area contributed by atoms with Crippen molar-refractivity contribution in [2.24, 2.45) is 0 Å². The molecule has 0 radical (unpaired) electrons. The number of carboxylic acid groups (broad SMARTS) is 1. The highest BCUT2D eigenvalue weighted by Gasteiger charge is 2.12. The minimum Gasteiger partial charge on any atom is -0.478 e. The molecule has 1 heterocycles. The number of anilines is 1. The molecule has 0 amide bonds. The normalized spacial score (nSPS) is 10.8. The standard InChI is InChI=1S/C30H22ClN3O2/c1-2-19-3-7-21(8-4-19)24-13-16-26-27(17-24)33-28(22-11-14-25(31)15-12-22)34-29(26)32-18-20-5-9-23(10-6-20)30(35)36/h2-17H,1,18H2,(H,35,36)(H,32,33,34). The van der Waals surface area contributed by atoms with Crippen LogP contribution in [0.15, 0.2) is 97.6 Å². The molecule has 0 aliphatic rings. The van der Waals surface area contributed by atoms with Crippen LogP contribution in [0.5, 0.6) is 0 Å². The number of halogens is 1. The average molecular weight is 492 g/mol. The van der Waals surface area contributed by atoms with Gasteiger partial charge in [-0.2, -0.15) is 0 Å². The van der Waals surface area contributed by atoms with Gasteiger partial charge in [0, 0.05) is 22.5 Å². The number of rotatable bonds is 7. The maximum absolute atomic E-state index is 11.1. The molecule has 1 aromatic heterocycles. The molecule has 6 heteroatoms. The number of aromatic carboxylic acids is 1. The summed E-state index contributed by atoms with van der Waals surface area (Å²) in [5.74, 6) is 0.335. The van der Waals surface area contributed by atoms with Crippen molar-refractivity contribution in [2.45, 2.75) is 6.54 Å². The van der Waals surface area contributed by atoms with Crippen LogP contribution in [0.1, 0.15) is 21.5 Å². The molecule has 5 nitrogen and oxygen atoms in total. The van der Waals surface area contributed by atoms with Gasteiger partial charge in [-0.25, -0.2) is 14.8 Å². The van der Waals surface area contributed by atoms with E-state index in [0.29, 0.717) is 23.2 Å². The average Bonchev–Trinajstić information content (AvgIpc) is 2.92. The van der Waals surface area contributed by atoms with Gasteiger partial charge < -0.3 is 10.4 Å². The fraction of sp³-hybridized carbons (Fsp3) is 0.0333. The Hall–Kier alpha value is -4.48. The first kappa shape index (κ1) is 23.3. The van der Waals surface area contributed by atoms with Crippen LogP contribution in [-0.2, 0) is 6.54 Å². The quantitative estimate of drug-likeness (QED) is 0.245. The summed E-state index contributed by atoms with van der Waals surface area (Å²) in [4.78, 5) is 20.8. The molecule has 5 rings (SSSR count). The van der Waals surface area contributed by atoms with Crippen LogP contribution in [0.4, 0.5) is 5.82 Å². The Bertz CT molecular complexity index is 1560. The number of fused-ring (bicyclic) bond motifs is 1. The number of nitrogens with zero attached hydrogens (tertiary/aromatic N) is 2. The van der Waals surface area contributed by atoms with Crippen molar-refractivity contribution in [3.63, 3.8) is 0 Å². The predicted molar refractivity (Wildman–Crippen MR) is 146 cm³/mol. The maximum Gasteiger partial charge on any atom is 0.335 e. The smallest absolute Gasteiger partial charge is 0.335 e. The first-order valence-electron chi connectivity index (χ1n) is 11.4. The van der Waals surface area contributed by atoms with Crippen LogP contribution in [-0.4, -0.2) is 21.0 Å². The molecule has 0 aliphatic heterocycles. The highest BCUT2D eigenvalue weighted by atomic mass is 35.5. The van der Waals surface area contributed by atoms with Gasteiger partial charge in [0.1, 0.15) is 5.82 Å². The summed E-state index contributed by atoms with van der Waals surface area (Å²) in [6, 6.07) is 28.6. The molecule has 36 heavy (non-hydrogen) atoms. The molecule has 4 aromatic carbocycles. The van der Waals surface area contributed by atoms with Gasteiger partial charge in [0.25, 0.3) is 0 Å². The number of benzene rings is 4. The van der Waals surface area contributed by atoms with E-state index in [2.05, 4.69) is 36.2 Å². The summed E-state index contributed by atoms with van der Waals surface area (Å²) >= 11 is 6.09. The van der Waals surface area contributed by atoms with Gasteiger partial charge in [-0.05, 0) is 70.8 Å². The summed E-state index contributed by atoms with van der Waals surface area (Å²) in [6.45, 7) is 4.30. The lowest BCUT2D eigenvalue weighted by molar-refractivity contribution is 0.0697. The molecule has 0 saturated carbocycles. The van der Waals surface area contributed by atoms with Crippen molar-refractivity contribution in [3.8, 4) is 22.5 Å². The van der Waals surface area contributed by atoms with Crippen molar-refractivity contribution < 1.29 is 9.90 Å². The Kier molecular flexibility index (Phi) is 6.48. The monoisotopic (exact) mass is 491 g/mol. The molecule has 0 saturated heterocycles. The number of carboxylic acids is 1. The number of aromatic nitrogens is 2. The van der Waals surface area contributed by atoms with E-state index in [0.717, 1.165) is 38.7 Å². The molecular formula is C30H22ClN3O2. The predicted octanol–water partition coefficient (Wildman–Crippen LogP) is 7.57. The van der Waals surface area contributed by atoms with Crippen molar-refractivity contribution in [3.05, 3.63) is 119 Å². The molecule has 176 valence electrons. The highest BCUT2D eigenvalue weighted by molar-refractivity contribution is 6.30. The van der Waals surface area contributed by atoms with Gasteiger partial charge in [0.05, 0.1) is 11.1 Å². The van der Waals surface area contributed by atoms with E-state index in [1.54, 1.807) is 24.3 Å². The Morgan fingerprint density at radius 2 is 1.53 bits per heavy atom. The van der Waals surface area contributed by atoms with Gasteiger partial charge in [0.2, 0.25) is 0 Å². The number of nitrogens with one attached hydrogen (secondary N) is 1. The molecular weight excluding hydrogens is 470 g/mol. The first-order chi connectivity index (χ1) is 17.5. The van der Waals surface area contributed by atoms with Gasteiger partial charge in [0.15, 0.2) is 5.82 Å². The van der Waals surface area contributed by atoms with Crippen LogP contribution in [0.2, 0.25) is 5.02 Å². The van der Waals surface area contributed by atoms with Crippen molar-refractivity contribution >= 4 is 40.4 Å². The molecule has 0 atom stereocenters. The fourth-order valence-electron chi connectivity index (χ4n) is 3.93. The summed E-state index contributed by atoms with van der Waals surface area (Å²) in [6.07, 6.45) is 1.82. The third kappa shape index (κ3) is 4.97. The molecule has 5 aromatic rings. The Morgan fingerprint density at radius 3 is 2.19 bits per heavy atom.